The number of nitrogens with zero attached hydrogens (tertiary/aromatic N) is 5. The first kappa shape index (κ1) is 17.9. The van der Waals surface area contributed by atoms with Gasteiger partial charge in [-0.25, -0.2) is 9.97 Å². The van der Waals surface area contributed by atoms with Crippen LogP contribution in [0.2, 0.25) is 0 Å². The van der Waals surface area contributed by atoms with Gasteiger partial charge in [-0.3, -0.25) is 9.78 Å². The molecule has 0 aromatic carbocycles. The second-order valence-electron chi connectivity index (χ2n) is 6.93. The van der Waals surface area contributed by atoms with Crippen LogP contribution >= 0.6 is 11.3 Å². The number of rotatable bonds is 6. The Hall–Kier alpha value is -2.54. The van der Waals surface area contributed by atoms with E-state index >= 15 is 0 Å². The van der Waals surface area contributed by atoms with Crippen molar-refractivity contribution in [3.8, 4) is 0 Å². The van der Waals surface area contributed by atoms with E-state index in [0.717, 1.165) is 56.0 Å². The van der Waals surface area contributed by atoms with Crippen LogP contribution in [-0.4, -0.2) is 43.4 Å². The Balaban J connectivity index is 1.38. The van der Waals surface area contributed by atoms with E-state index in [1.54, 1.807) is 23.7 Å². The molecule has 0 saturated carbocycles. The van der Waals surface area contributed by atoms with Crippen LogP contribution in [0.25, 0.3) is 0 Å². The number of likely N-dealkylation sites (tertiary alicyclic amines) is 1. The average Bonchev–Trinajstić information content (AvgIpc) is 3.39. The summed E-state index contributed by atoms with van der Waals surface area (Å²) in [6.07, 6.45) is 10.8. The standard InChI is InChI=1S/C20H23N5OS/c26-19(4-3-16-5-7-21-8-6-16)24-10-1-2-17(12-24)20-22-9-11-25(20)13-18-14-27-15-23-18/h5-9,11,14-15,17H,1-4,10,12-13H2. The van der Waals surface area contributed by atoms with Crippen LogP contribution in [0.1, 0.15) is 42.3 Å². The molecular weight excluding hydrogens is 358 g/mol. The molecule has 0 aliphatic carbocycles. The van der Waals surface area contributed by atoms with Gasteiger partial charge < -0.3 is 9.47 Å². The highest BCUT2D eigenvalue weighted by Crippen LogP contribution is 2.27. The predicted octanol–water partition coefficient (Wildman–Crippen LogP) is 3.12. The molecule has 0 spiro atoms. The number of aryl methyl sites for hydroxylation is 1. The molecule has 0 radical (unpaired) electrons. The fourth-order valence-corrected chi connectivity index (χ4v) is 4.23. The van der Waals surface area contributed by atoms with Crippen molar-refractivity contribution in [3.63, 3.8) is 0 Å². The van der Waals surface area contributed by atoms with Crippen molar-refractivity contribution >= 4 is 17.2 Å². The summed E-state index contributed by atoms with van der Waals surface area (Å²) in [6, 6.07) is 3.95. The van der Waals surface area contributed by atoms with Crippen LogP contribution in [0, 0.1) is 0 Å². The van der Waals surface area contributed by atoms with Crippen LogP contribution < -0.4 is 0 Å². The van der Waals surface area contributed by atoms with Crippen molar-refractivity contribution in [2.24, 2.45) is 0 Å². The summed E-state index contributed by atoms with van der Waals surface area (Å²) in [5.41, 5.74) is 4.07. The number of hydrogen-bond donors (Lipinski definition) is 0. The van der Waals surface area contributed by atoms with E-state index in [1.165, 1.54) is 0 Å². The molecule has 3 aromatic rings. The van der Waals surface area contributed by atoms with E-state index in [2.05, 4.69) is 24.9 Å². The monoisotopic (exact) mass is 381 g/mol. The molecule has 27 heavy (non-hydrogen) atoms. The number of carbonyl (C=O) groups is 1. The Morgan fingerprint density at radius 1 is 1.22 bits per heavy atom. The van der Waals surface area contributed by atoms with E-state index < -0.39 is 0 Å². The third kappa shape index (κ3) is 4.42. The number of amides is 1. The summed E-state index contributed by atoms with van der Waals surface area (Å²) < 4.78 is 2.17. The molecule has 0 N–H and O–H groups in total. The van der Waals surface area contributed by atoms with Gasteiger partial charge in [0.2, 0.25) is 5.91 Å². The van der Waals surface area contributed by atoms with E-state index in [9.17, 15) is 4.79 Å². The fourth-order valence-electron chi connectivity index (χ4n) is 3.68. The Kier molecular flexibility index (Phi) is 5.58. The topological polar surface area (TPSA) is 63.9 Å². The maximum atomic E-state index is 12.7. The molecule has 1 aliphatic heterocycles. The number of pyridine rings is 1. The Morgan fingerprint density at radius 3 is 2.93 bits per heavy atom. The second kappa shape index (κ2) is 8.43. The molecule has 1 atom stereocenters. The Bertz CT molecular complexity index is 862. The van der Waals surface area contributed by atoms with Gasteiger partial charge in [0.25, 0.3) is 0 Å². The molecule has 7 heteroatoms. The van der Waals surface area contributed by atoms with Crippen LogP contribution in [0.3, 0.4) is 0 Å². The van der Waals surface area contributed by atoms with E-state index in [4.69, 9.17) is 0 Å². The minimum absolute atomic E-state index is 0.231. The third-order valence-electron chi connectivity index (χ3n) is 5.08. The molecule has 3 aromatic heterocycles. The van der Waals surface area contributed by atoms with Crippen LogP contribution in [0.15, 0.2) is 47.8 Å². The third-order valence-corrected chi connectivity index (χ3v) is 5.71. The van der Waals surface area contributed by atoms with Gasteiger partial charge in [0, 0.05) is 55.6 Å². The van der Waals surface area contributed by atoms with Crippen molar-refractivity contribution in [2.75, 3.05) is 13.1 Å². The Morgan fingerprint density at radius 2 is 2.11 bits per heavy atom. The molecule has 1 unspecified atom stereocenters. The zero-order valence-corrected chi connectivity index (χ0v) is 16.0. The summed E-state index contributed by atoms with van der Waals surface area (Å²) in [4.78, 5) is 27.7. The van der Waals surface area contributed by atoms with Gasteiger partial charge in [0.05, 0.1) is 17.7 Å². The summed E-state index contributed by atoms with van der Waals surface area (Å²) in [6.45, 7) is 2.34. The van der Waals surface area contributed by atoms with Gasteiger partial charge in [0.15, 0.2) is 0 Å². The maximum absolute atomic E-state index is 12.7. The van der Waals surface area contributed by atoms with Gasteiger partial charge in [-0.05, 0) is 37.0 Å². The number of piperidine rings is 1. The SMILES string of the molecule is O=C(CCc1ccncc1)N1CCCC(c2nccn2Cc2cscn2)C1. The van der Waals surface area contributed by atoms with Gasteiger partial charge in [-0.15, -0.1) is 11.3 Å². The number of thiazole rings is 1. The summed E-state index contributed by atoms with van der Waals surface area (Å²) >= 11 is 1.61. The molecule has 4 rings (SSSR count). The lowest BCUT2D eigenvalue weighted by Crippen LogP contribution is -2.39. The minimum atomic E-state index is 0.231. The molecule has 1 amide bonds. The molecule has 1 aliphatic rings. The maximum Gasteiger partial charge on any atom is 0.222 e. The zero-order valence-electron chi connectivity index (χ0n) is 15.2. The normalized spacial score (nSPS) is 17.2. The van der Waals surface area contributed by atoms with E-state index in [0.29, 0.717) is 6.42 Å². The fraction of sp³-hybridized carbons (Fsp3) is 0.400. The van der Waals surface area contributed by atoms with Crippen LogP contribution in [0.5, 0.6) is 0 Å². The summed E-state index contributed by atoms with van der Waals surface area (Å²) in [7, 11) is 0. The molecule has 1 fully saturated rings. The molecule has 140 valence electrons. The first-order valence-electron chi connectivity index (χ1n) is 9.34. The van der Waals surface area contributed by atoms with Gasteiger partial charge >= 0.3 is 0 Å². The van der Waals surface area contributed by atoms with Gasteiger partial charge in [-0.1, -0.05) is 0 Å². The first-order valence-corrected chi connectivity index (χ1v) is 10.3. The number of imidazole rings is 1. The van der Waals surface area contributed by atoms with Crippen molar-refractivity contribution < 1.29 is 4.79 Å². The lowest BCUT2D eigenvalue weighted by molar-refractivity contribution is -0.132. The average molecular weight is 382 g/mol. The number of carbonyl (C=O) groups excluding carboxylic acids is 1. The molecule has 0 bridgehead atoms. The van der Waals surface area contributed by atoms with Crippen molar-refractivity contribution in [2.45, 2.75) is 38.1 Å². The second-order valence-corrected chi connectivity index (χ2v) is 7.65. The van der Waals surface area contributed by atoms with E-state index in [-0.39, 0.29) is 11.8 Å². The highest BCUT2D eigenvalue weighted by molar-refractivity contribution is 7.07. The quantitative estimate of drug-likeness (QED) is 0.658. The summed E-state index contributed by atoms with van der Waals surface area (Å²) in [5, 5.41) is 2.07. The molecular formula is C20H23N5OS. The molecule has 6 nitrogen and oxygen atoms in total. The van der Waals surface area contributed by atoms with Gasteiger partial charge in [-0.2, -0.15) is 0 Å². The van der Waals surface area contributed by atoms with Crippen molar-refractivity contribution in [1.29, 1.82) is 0 Å². The van der Waals surface area contributed by atoms with Crippen LogP contribution in [0.4, 0.5) is 0 Å². The summed E-state index contributed by atoms with van der Waals surface area (Å²) in [5.74, 6) is 1.58. The van der Waals surface area contributed by atoms with Gasteiger partial charge in [0.1, 0.15) is 5.82 Å². The van der Waals surface area contributed by atoms with Crippen LogP contribution in [-0.2, 0) is 17.8 Å². The Labute approximate surface area is 162 Å². The zero-order chi connectivity index (χ0) is 18.5. The van der Waals surface area contributed by atoms with Crippen molar-refractivity contribution in [1.82, 2.24) is 24.4 Å². The first-order chi connectivity index (χ1) is 13.3. The molecule has 1 saturated heterocycles. The predicted molar refractivity (Wildman–Crippen MR) is 105 cm³/mol. The lowest BCUT2D eigenvalue weighted by Gasteiger charge is -2.32. The van der Waals surface area contributed by atoms with E-state index in [1.807, 2.05) is 34.9 Å². The highest BCUT2D eigenvalue weighted by Gasteiger charge is 2.27. The largest absolute Gasteiger partial charge is 0.342 e. The smallest absolute Gasteiger partial charge is 0.222 e. The number of hydrogen-bond acceptors (Lipinski definition) is 5. The lowest BCUT2D eigenvalue weighted by atomic mass is 9.96. The number of aromatic nitrogens is 4. The minimum Gasteiger partial charge on any atom is -0.342 e. The van der Waals surface area contributed by atoms with Crippen molar-refractivity contribution in [3.05, 3.63) is 64.9 Å². The molecule has 4 heterocycles. The highest BCUT2D eigenvalue weighted by atomic mass is 32.1.